The number of fused-ring (bicyclic) bond motifs is 3. The third-order valence-corrected chi connectivity index (χ3v) is 9.77. The summed E-state index contributed by atoms with van der Waals surface area (Å²) in [6, 6.07) is 35.0. The van der Waals surface area contributed by atoms with Crippen molar-refractivity contribution in [2.24, 2.45) is 0 Å². The zero-order chi connectivity index (χ0) is 31.4. The number of aromatic nitrogens is 2. The molecular formula is C40H41N4O+. The first-order chi connectivity index (χ1) is 21.4. The summed E-state index contributed by atoms with van der Waals surface area (Å²) in [7, 11) is 2.33. The Morgan fingerprint density at radius 2 is 1.42 bits per heavy atom. The molecule has 2 atom stereocenters. The minimum Gasteiger partial charge on any atom is -0.457 e. The van der Waals surface area contributed by atoms with Crippen LogP contribution in [0.5, 0.6) is 11.5 Å². The SMILES string of the molecule is CC(C)(C)c1cc(Oc2ccc3c4ccccc4n(-c4ccccn4)c3c2)cc([N@@+]23[CH-][N@@+](C)(C2)c2cc(C(C)(C)C)ccc23)c1. The molecule has 0 saturated carbocycles. The highest BCUT2D eigenvalue weighted by molar-refractivity contribution is 6.09. The maximum absolute atomic E-state index is 6.79. The molecule has 0 aliphatic carbocycles. The molecular weight excluding hydrogens is 552 g/mol. The molecule has 2 bridgehead atoms. The van der Waals surface area contributed by atoms with E-state index in [1.165, 1.54) is 39.0 Å². The van der Waals surface area contributed by atoms with Crippen LogP contribution in [0.15, 0.2) is 103 Å². The lowest BCUT2D eigenvalue weighted by Gasteiger charge is -2.55. The third-order valence-electron chi connectivity index (χ3n) is 9.77. The average molecular weight is 594 g/mol. The molecule has 226 valence electrons. The Labute approximate surface area is 266 Å². The number of quaternary nitrogens is 2. The van der Waals surface area contributed by atoms with Gasteiger partial charge in [0, 0.05) is 47.3 Å². The van der Waals surface area contributed by atoms with E-state index in [4.69, 9.17) is 9.72 Å². The number of nitrogens with zero attached hydrogens (tertiary/aromatic N) is 4. The van der Waals surface area contributed by atoms with Gasteiger partial charge in [0.15, 0.2) is 18.0 Å². The highest BCUT2D eigenvalue weighted by Gasteiger charge is 2.59. The minimum atomic E-state index is -0.0382. The molecule has 1 fully saturated rings. The first kappa shape index (κ1) is 28.1. The molecule has 0 unspecified atom stereocenters. The summed E-state index contributed by atoms with van der Waals surface area (Å²) in [6.07, 6.45) is 1.85. The second kappa shape index (κ2) is 9.29. The fourth-order valence-corrected chi connectivity index (χ4v) is 7.36. The van der Waals surface area contributed by atoms with Gasteiger partial charge in [0.25, 0.3) is 0 Å². The van der Waals surface area contributed by atoms with Crippen molar-refractivity contribution in [2.45, 2.75) is 52.4 Å². The van der Waals surface area contributed by atoms with Crippen molar-refractivity contribution in [3.8, 4) is 17.3 Å². The summed E-state index contributed by atoms with van der Waals surface area (Å²) in [4.78, 5) is 4.70. The monoisotopic (exact) mass is 593 g/mol. The van der Waals surface area contributed by atoms with Crippen molar-refractivity contribution < 1.29 is 4.74 Å². The topological polar surface area (TPSA) is 27.1 Å². The number of hydrogen-bond donors (Lipinski definition) is 0. The highest BCUT2D eigenvalue weighted by atomic mass is 16.5. The lowest BCUT2D eigenvalue weighted by Crippen LogP contribution is -2.68. The van der Waals surface area contributed by atoms with Gasteiger partial charge in [0.2, 0.25) is 0 Å². The van der Waals surface area contributed by atoms with Crippen LogP contribution in [-0.4, -0.2) is 23.3 Å². The molecule has 3 aliphatic heterocycles. The fraction of sp³-hybridized carbons (Fsp3) is 0.250. The van der Waals surface area contributed by atoms with Crippen molar-refractivity contribution in [1.82, 2.24) is 18.5 Å². The first-order valence-corrected chi connectivity index (χ1v) is 15.9. The molecule has 4 aromatic carbocycles. The summed E-state index contributed by atoms with van der Waals surface area (Å²) >= 11 is 0. The summed E-state index contributed by atoms with van der Waals surface area (Å²) in [6.45, 7) is 17.2. The summed E-state index contributed by atoms with van der Waals surface area (Å²) in [5, 5.41) is 2.39. The summed E-state index contributed by atoms with van der Waals surface area (Å²) in [5.41, 5.74) is 8.94. The highest BCUT2D eigenvalue weighted by Crippen LogP contribution is 2.61. The molecule has 0 spiro atoms. The van der Waals surface area contributed by atoms with E-state index in [0.717, 1.165) is 44.0 Å². The molecule has 5 heteroatoms. The van der Waals surface area contributed by atoms with Crippen molar-refractivity contribution in [2.75, 3.05) is 13.7 Å². The number of rotatable bonds is 4. The second-order valence-electron chi connectivity index (χ2n) is 15.1. The zero-order valence-corrected chi connectivity index (χ0v) is 27.3. The predicted octanol–water partition coefficient (Wildman–Crippen LogP) is 10.2. The van der Waals surface area contributed by atoms with Crippen LogP contribution >= 0.6 is 0 Å². The molecule has 1 saturated heterocycles. The van der Waals surface area contributed by atoms with E-state index < -0.39 is 0 Å². The predicted molar refractivity (Wildman–Crippen MR) is 187 cm³/mol. The molecule has 2 aromatic heterocycles. The Balaban J connectivity index is 1.24. The van der Waals surface area contributed by atoms with Gasteiger partial charge in [-0.15, -0.1) is 0 Å². The van der Waals surface area contributed by atoms with Crippen LogP contribution in [0, 0.1) is 6.67 Å². The summed E-state index contributed by atoms with van der Waals surface area (Å²) in [5.74, 6) is 2.56. The van der Waals surface area contributed by atoms with Crippen LogP contribution in [-0.2, 0) is 10.8 Å². The first-order valence-electron chi connectivity index (χ1n) is 15.9. The average Bonchev–Trinajstić information content (AvgIpc) is 3.55. The van der Waals surface area contributed by atoms with E-state index in [1.807, 2.05) is 18.3 Å². The molecule has 0 radical (unpaired) electrons. The fourth-order valence-electron chi connectivity index (χ4n) is 7.36. The molecule has 6 aromatic rings. The molecule has 45 heavy (non-hydrogen) atoms. The van der Waals surface area contributed by atoms with Crippen LogP contribution < -0.4 is 13.7 Å². The molecule has 0 N–H and O–H groups in total. The van der Waals surface area contributed by atoms with Crippen molar-refractivity contribution in [3.63, 3.8) is 0 Å². The van der Waals surface area contributed by atoms with Crippen LogP contribution in [0.1, 0.15) is 52.7 Å². The Bertz CT molecular complexity index is 2120. The Morgan fingerprint density at radius 1 is 0.689 bits per heavy atom. The van der Waals surface area contributed by atoms with E-state index in [-0.39, 0.29) is 10.8 Å². The molecule has 3 aliphatic rings. The maximum atomic E-state index is 6.79. The number of ether oxygens (including phenoxy) is 1. The van der Waals surface area contributed by atoms with Gasteiger partial charge in [-0.2, -0.15) is 0 Å². The van der Waals surface area contributed by atoms with E-state index in [0.29, 0.717) is 0 Å². The molecule has 9 rings (SSSR count). The molecule has 5 nitrogen and oxygen atoms in total. The van der Waals surface area contributed by atoms with Gasteiger partial charge in [-0.1, -0.05) is 71.9 Å². The quantitative estimate of drug-likeness (QED) is 0.150. The van der Waals surface area contributed by atoms with E-state index in [9.17, 15) is 0 Å². The smallest absolute Gasteiger partial charge is 0.181 e. The Morgan fingerprint density at radius 3 is 2.16 bits per heavy atom. The number of hydrogen-bond acceptors (Lipinski definition) is 2. The largest absolute Gasteiger partial charge is 0.457 e. The van der Waals surface area contributed by atoms with Crippen LogP contribution in [0.4, 0.5) is 17.1 Å². The Hall–Kier alpha value is -4.45. The lowest BCUT2D eigenvalue weighted by atomic mass is 9.86. The van der Waals surface area contributed by atoms with Gasteiger partial charge in [0.05, 0.1) is 24.7 Å². The minimum absolute atomic E-state index is 0.0382. The van der Waals surface area contributed by atoms with Crippen molar-refractivity contribution >= 4 is 38.9 Å². The van der Waals surface area contributed by atoms with Gasteiger partial charge in [-0.25, -0.2) is 4.98 Å². The number of benzene rings is 4. The van der Waals surface area contributed by atoms with Crippen LogP contribution in [0.25, 0.3) is 27.6 Å². The molecule has 5 heterocycles. The maximum Gasteiger partial charge on any atom is 0.181 e. The van der Waals surface area contributed by atoms with Crippen molar-refractivity contribution in [3.05, 3.63) is 121 Å². The van der Waals surface area contributed by atoms with E-state index >= 15 is 0 Å². The Kier molecular flexibility index (Phi) is 5.79. The van der Waals surface area contributed by atoms with Gasteiger partial charge in [0.1, 0.15) is 23.0 Å². The van der Waals surface area contributed by atoms with Crippen molar-refractivity contribution in [1.29, 1.82) is 0 Å². The van der Waals surface area contributed by atoms with E-state index in [2.05, 4.69) is 145 Å². The van der Waals surface area contributed by atoms with Crippen LogP contribution in [0.3, 0.4) is 0 Å². The van der Waals surface area contributed by atoms with Gasteiger partial charge in [-0.05, 0) is 58.4 Å². The van der Waals surface area contributed by atoms with Gasteiger partial charge >= 0.3 is 0 Å². The third kappa shape index (κ3) is 4.25. The standard InChI is InChI=1S/C40H41N4O/c1-39(2,3)27-15-18-36-37(22-27)43(7)25-44(36,26-43)29-20-28(40(4,5)6)21-31(23-29)45-30-16-17-33-32-12-8-9-13-34(32)42(35(33)24-30)38-14-10-11-19-41-38/h8-25H,26H2,1-7H3/q+1/t43-,44+/m0/s1. The second-order valence-corrected chi connectivity index (χ2v) is 15.1. The molecule has 0 amide bonds. The normalized spacial score (nSPS) is 20.8. The zero-order valence-electron chi connectivity index (χ0n) is 27.3. The number of para-hydroxylation sites is 1. The van der Waals surface area contributed by atoms with Gasteiger partial charge in [-0.3, -0.25) is 9.05 Å². The summed E-state index contributed by atoms with van der Waals surface area (Å²) < 4.78 is 10.6. The lowest BCUT2D eigenvalue weighted by molar-refractivity contribution is 0.157. The van der Waals surface area contributed by atoms with Crippen LogP contribution in [0.2, 0.25) is 0 Å². The van der Waals surface area contributed by atoms with Gasteiger partial charge < -0.3 is 9.22 Å². The number of pyridine rings is 1. The van der Waals surface area contributed by atoms with E-state index in [1.54, 1.807) is 0 Å².